The van der Waals surface area contributed by atoms with Crippen molar-refractivity contribution in [3.8, 4) is 0 Å². The van der Waals surface area contributed by atoms with Gasteiger partial charge in [-0.2, -0.15) is 0 Å². The zero-order chi connectivity index (χ0) is 8.20. The van der Waals surface area contributed by atoms with Crippen molar-refractivity contribution in [2.45, 2.75) is 32.4 Å². The molecule has 0 rings (SSSR count). The van der Waals surface area contributed by atoms with Crippen LogP contribution in [0.3, 0.4) is 0 Å². The second kappa shape index (κ2) is 3.96. The molecule has 1 unspecified atom stereocenters. The average Bonchev–Trinajstić information content (AvgIpc) is 1.86. The fraction of sp³-hybridized carbons (Fsp3) is 0.857. The van der Waals surface area contributed by atoms with Crippen LogP contribution in [0.2, 0.25) is 0 Å². The lowest BCUT2D eigenvalue weighted by Crippen LogP contribution is -2.19. The summed E-state index contributed by atoms with van der Waals surface area (Å²) in [5.74, 6) is 0.210. The number of hydrogen-bond acceptors (Lipinski definition) is 2. The Morgan fingerprint density at radius 3 is 2.30 bits per heavy atom. The van der Waals surface area contributed by atoms with Crippen LogP contribution in [-0.4, -0.2) is 19.4 Å². The first-order chi connectivity index (χ1) is 4.54. The van der Waals surface area contributed by atoms with E-state index in [2.05, 4.69) is 0 Å². The highest BCUT2D eigenvalue weighted by atomic mass is 32.2. The molecule has 0 aromatic heterocycles. The summed E-state index contributed by atoms with van der Waals surface area (Å²) in [6, 6.07) is 0. The Hall–Kier alpha value is -0.0500. The quantitative estimate of drug-likeness (QED) is 0.628. The van der Waals surface area contributed by atoms with Gasteiger partial charge in [-0.1, -0.05) is 13.8 Å². The van der Waals surface area contributed by atoms with Crippen LogP contribution in [-0.2, 0) is 9.84 Å². The molecule has 0 amide bonds. The maximum atomic E-state index is 11.1. The first-order valence-corrected chi connectivity index (χ1v) is 5.25. The zero-order valence-electron chi connectivity index (χ0n) is 6.79. The maximum absolute atomic E-state index is 11.1. The topological polar surface area (TPSA) is 34.1 Å². The second-order valence-corrected chi connectivity index (χ2v) is 4.92. The molecule has 1 atom stereocenters. The van der Waals surface area contributed by atoms with Gasteiger partial charge >= 0.3 is 0 Å². The van der Waals surface area contributed by atoms with Crippen LogP contribution in [0.15, 0.2) is 0 Å². The standard InChI is InChI=1S/C7H15O2S/c1-4-6-10(8,9)7(3)5-2/h4,7H,5-6H2,1-3H3. The Bertz CT molecular complexity index is 170. The van der Waals surface area contributed by atoms with Crippen LogP contribution >= 0.6 is 0 Å². The fourth-order valence-electron chi connectivity index (χ4n) is 0.651. The Kier molecular flexibility index (Phi) is 3.94. The van der Waals surface area contributed by atoms with Crippen LogP contribution in [0.25, 0.3) is 0 Å². The molecule has 0 bridgehead atoms. The summed E-state index contributed by atoms with van der Waals surface area (Å²) in [4.78, 5) is 0. The summed E-state index contributed by atoms with van der Waals surface area (Å²) in [6.45, 7) is 5.40. The molecule has 3 heteroatoms. The molecule has 0 aliphatic heterocycles. The first kappa shape index (κ1) is 9.95. The van der Waals surface area contributed by atoms with Crippen LogP contribution in [0.5, 0.6) is 0 Å². The highest BCUT2D eigenvalue weighted by Gasteiger charge is 2.16. The minimum absolute atomic E-state index is 0.191. The summed E-state index contributed by atoms with van der Waals surface area (Å²) in [6.07, 6.45) is 2.39. The van der Waals surface area contributed by atoms with Gasteiger partial charge in [0.2, 0.25) is 0 Å². The Morgan fingerprint density at radius 1 is 1.50 bits per heavy atom. The Morgan fingerprint density at radius 2 is 2.00 bits per heavy atom. The highest BCUT2D eigenvalue weighted by molar-refractivity contribution is 7.92. The Balaban J connectivity index is 4.12. The summed E-state index contributed by atoms with van der Waals surface area (Å²) >= 11 is 0. The molecule has 0 saturated carbocycles. The van der Waals surface area contributed by atoms with E-state index in [0.717, 1.165) is 0 Å². The lowest BCUT2D eigenvalue weighted by molar-refractivity contribution is 0.583. The van der Waals surface area contributed by atoms with E-state index in [1.807, 2.05) is 6.92 Å². The van der Waals surface area contributed by atoms with Gasteiger partial charge in [0.05, 0.1) is 11.0 Å². The SMILES string of the molecule is C[CH]CS(=O)(=O)C(C)CC. The molecule has 0 aliphatic rings. The van der Waals surface area contributed by atoms with Crippen LogP contribution < -0.4 is 0 Å². The van der Waals surface area contributed by atoms with Gasteiger partial charge in [0, 0.05) is 0 Å². The number of sulfone groups is 1. The molecule has 0 fully saturated rings. The second-order valence-electron chi connectivity index (χ2n) is 2.46. The average molecular weight is 163 g/mol. The lowest BCUT2D eigenvalue weighted by atomic mass is 10.4. The van der Waals surface area contributed by atoms with Gasteiger partial charge < -0.3 is 0 Å². The molecule has 0 saturated heterocycles. The molecule has 0 spiro atoms. The van der Waals surface area contributed by atoms with Crippen molar-refractivity contribution < 1.29 is 8.42 Å². The summed E-state index contributed by atoms with van der Waals surface area (Å²) in [7, 11) is -2.82. The van der Waals surface area contributed by atoms with Crippen LogP contribution in [0, 0.1) is 6.42 Å². The minimum Gasteiger partial charge on any atom is -0.229 e. The van der Waals surface area contributed by atoms with E-state index in [9.17, 15) is 8.42 Å². The third kappa shape index (κ3) is 2.69. The lowest BCUT2D eigenvalue weighted by Gasteiger charge is -2.07. The van der Waals surface area contributed by atoms with Gasteiger partial charge in [-0.05, 0) is 19.8 Å². The first-order valence-electron chi connectivity index (χ1n) is 3.54. The van der Waals surface area contributed by atoms with E-state index in [-0.39, 0.29) is 11.0 Å². The Labute approximate surface area is 63.6 Å². The predicted molar refractivity (Wildman–Crippen MR) is 43.5 cm³/mol. The highest BCUT2D eigenvalue weighted by Crippen LogP contribution is 2.06. The molecule has 61 valence electrons. The summed E-state index contributed by atoms with van der Waals surface area (Å²) in [5.41, 5.74) is 0. The van der Waals surface area contributed by atoms with Crippen molar-refractivity contribution in [3.63, 3.8) is 0 Å². The third-order valence-electron chi connectivity index (χ3n) is 1.59. The largest absolute Gasteiger partial charge is 0.229 e. The van der Waals surface area contributed by atoms with Gasteiger partial charge in [0.25, 0.3) is 0 Å². The van der Waals surface area contributed by atoms with Gasteiger partial charge in [-0.25, -0.2) is 8.42 Å². The molecule has 0 aromatic carbocycles. The van der Waals surface area contributed by atoms with E-state index >= 15 is 0 Å². The molecule has 0 aliphatic carbocycles. The predicted octanol–water partition coefficient (Wildman–Crippen LogP) is 1.42. The summed E-state index contributed by atoms with van der Waals surface area (Å²) < 4.78 is 22.3. The van der Waals surface area contributed by atoms with E-state index in [4.69, 9.17) is 0 Å². The molecule has 2 nitrogen and oxygen atoms in total. The van der Waals surface area contributed by atoms with Crippen molar-refractivity contribution >= 4 is 9.84 Å². The van der Waals surface area contributed by atoms with Crippen LogP contribution in [0.4, 0.5) is 0 Å². The maximum Gasteiger partial charge on any atom is 0.153 e. The number of rotatable bonds is 4. The summed E-state index contributed by atoms with van der Waals surface area (Å²) in [5, 5.41) is -0.191. The molecule has 1 radical (unpaired) electrons. The molecule has 0 N–H and O–H groups in total. The molecular weight excluding hydrogens is 148 g/mol. The minimum atomic E-state index is -2.82. The van der Waals surface area contributed by atoms with Gasteiger partial charge in [0.1, 0.15) is 0 Å². The van der Waals surface area contributed by atoms with Gasteiger partial charge in [-0.15, -0.1) is 0 Å². The van der Waals surface area contributed by atoms with E-state index in [0.29, 0.717) is 6.42 Å². The van der Waals surface area contributed by atoms with Crippen LogP contribution in [0.1, 0.15) is 27.2 Å². The van der Waals surface area contributed by atoms with Gasteiger partial charge in [0.15, 0.2) is 9.84 Å². The molecule has 0 aromatic rings. The number of hydrogen-bond donors (Lipinski definition) is 0. The monoisotopic (exact) mass is 163 g/mol. The fourth-order valence-corrected chi connectivity index (χ4v) is 1.95. The van der Waals surface area contributed by atoms with Crippen molar-refractivity contribution in [2.75, 3.05) is 5.75 Å². The van der Waals surface area contributed by atoms with Crippen molar-refractivity contribution in [3.05, 3.63) is 6.42 Å². The van der Waals surface area contributed by atoms with Gasteiger partial charge in [-0.3, -0.25) is 0 Å². The van der Waals surface area contributed by atoms with E-state index < -0.39 is 9.84 Å². The van der Waals surface area contributed by atoms with Crippen molar-refractivity contribution in [1.29, 1.82) is 0 Å². The third-order valence-corrected chi connectivity index (χ3v) is 3.94. The normalized spacial score (nSPS) is 15.1. The molecule has 0 heterocycles. The molecule has 10 heavy (non-hydrogen) atoms. The molecular formula is C7H15O2S. The van der Waals surface area contributed by atoms with E-state index in [1.54, 1.807) is 20.3 Å². The van der Waals surface area contributed by atoms with Crippen molar-refractivity contribution in [2.24, 2.45) is 0 Å². The van der Waals surface area contributed by atoms with Crippen molar-refractivity contribution in [1.82, 2.24) is 0 Å². The van der Waals surface area contributed by atoms with E-state index in [1.165, 1.54) is 0 Å². The smallest absolute Gasteiger partial charge is 0.153 e. The zero-order valence-corrected chi connectivity index (χ0v) is 7.61.